The maximum absolute atomic E-state index is 12.7. The monoisotopic (exact) mass is 383 g/mol. The number of carbonyl (C=O) groups excluding carboxylic acids is 1. The van der Waals surface area contributed by atoms with Gasteiger partial charge in [0, 0.05) is 11.4 Å². The molecule has 1 amide bonds. The van der Waals surface area contributed by atoms with Crippen molar-refractivity contribution in [3.8, 4) is 5.69 Å². The molecule has 0 unspecified atom stereocenters. The van der Waals surface area contributed by atoms with Crippen molar-refractivity contribution in [3.05, 3.63) is 47.0 Å². The van der Waals surface area contributed by atoms with Crippen molar-refractivity contribution < 1.29 is 14.7 Å². The first-order valence-corrected chi connectivity index (χ1v) is 9.78. The van der Waals surface area contributed by atoms with E-state index in [9.17, 15) is 14.7 Å². The fraction of sp³-hybridized carbons (Fsp3) is 0.350. The molecule has 7 heteroatoms. The molecule has 1 aromatic carbocycles. The number of benzene rings is 1. The second-order valence-electron chi connectivity index (χ2n) is 7.44. The fourth-order valence-electron chi connectivity index (χ4n) is 3.72. The number of amides is 1. The Kier molecular flexibility index (Phi) is 4.26. The number of rotatable bonds is 4. The van der Waals surface area contributed by atoms with E-state index in [0.29, 0.717) is 24.1 Å². The van der Waals surface area contributed by atoms with E-state index >= 15 is 0 Å². The van der Waals surface area contributed by atoms with E-state index in [2.05, 4.69) is 10.4 Å². The van der Waals surface area contributed by atoms with E-state index in [4.69, 9.17) is 0 Å². The first-order valence-electron chi connectivity index (χ1n) is 8.96. The van der Waals surface area contributed by atoms with Crippen molar-refractivity contribution in [1.29, 1.82) is 0 Å². The third kappa shape index (κ3) is 3.12. The first-order chi connectivity index (χ1) is 12.9. The van der Waals surface area contributed by atoms with E-state index < -0.39 is 11.4 Å². The number of carboxylic acid groups (broad SMARTS) is 1. The Bertz CT molecular complexity index is 1020. The number of hydrogen-bond donors (Lipinski definition) is 2. The van der Waals surface area contributed by atoms with Crippen molar-refractivity contribution in [2.45, 2.75) is 39.2 Å². The maximum Gasteiger partial charge on any atom is 0.309 e. The lowest BCUT2D eigenvalue weighted by Gasteiger charge is -2.18. The Balaban J connectivity index is 1.58. The lowest BCUT2D eigenvalue weighted by Crippen LogP contribution is -2.34. The quantitative estimate of drug-likeness (QED) is 0.718. The molecule has 1 aliphatic carbocycles. The number of carbonyl (C=O) groups is 2. The summed E-state index contributed by atoms with van der Waals surface area (Å²) in [4.78, 5) is 25.7. The highest BCUT2D eigenvalue weighted by Gasteiger charge is 2.41. The van der Waals surface area contributed by atoms with E-state index in [-0.39, 0.29) is 11.9 Å². The molecular formula is C20H21N3O3S. The summed E-state index contributed by atoms with van der Waals surface area (Å²) < 4.78 is 1.86. The molecule has 3 aromatic rings. The molecule has 1 fully saturated rings. The normalized spacial score (nSPS) is 22.2. The van der Waals surface area contributed by atoms with Crippen molar-refractivity contribution in [2.75, 3.05) is 0 Å². The zero-order valence-corrected chi connectivity index (χ0v) is 16.0. The van der Waals surface area contributed by atoms with Gasteiger partial charge in [0.05, 0.1) is 21.7 Å². The first kappa shape index (κ1) is 17.7. The Morgan fingerprint density at radius 2 is 2.07 bits per heavy atom. The third-order valence-corrected chi connectivity index (χ3v) is 6.47. The third-order valence-electron chi connectivity index (χ3n) is 5.36. The van der Waals surface area contributed by atoms with Crippen molar-refractivity contribution >= 4 is 33.4 Å². The second kappa shape index (κ2) is 6.49. The largest absolute Gasteiger partial charge is 0.481 e. The van der Waals surface area contributed by atoms with Crippen molar-refractivity contribution in [3.63, 3.8) is 0 Å². The number of para-hydroxylation sites is 1. The van der Waals surface area contributed by atoms with Crippen LogP contribution in [-0.4, -0.2) is 32.8 Å². The van der Waals surface area contributed by atoms with Gasteiger partial charge in [-0.2, -0.15) is 5.10 Å². The molecule has 2 aromatic heterocycles. The van der Waals surface area contributed by atoms with Crippen LogP contribution in [0, 0.1) is 12.3 Å². The zero-order valence-electron chi connectivity index (χ0n) is 15.2. The van der Waals surface area contributed by atoms with Gasteiger partial charge in [0.2, 0.25) is 0 Å². The number of thiophene rings is 1. The molecule has 140 valence electrons. The van der Waals surface area contributed by atoms with Crippen LogP contribution >= 0.6 is 11.3 Å². The van der Waals surface area contributed by atoms with E-state index in [1.54, 1.807) is 6.92 Å². The minimum atomic E-state index is -0.792. The zero-order chi connectivity index (χ0) is 19.2. The molecule has 2 heterocycles. The number of nitrogens with zero attached hydrogens (tertiary/aromatic N) is 2. The van der Waals surface area contributed by atoms with Gasteiger partial charge < -0.3 is 10.4 Å². The molecule has 2 N–H and O–H groups in total. The fourth-order valence-corrected chi connectivity index (χ4v) is 4.80. The molecule has 0 aliphatic heterocycles. The molecule has 0 saturated heterocycles. The Morgan fingerprint density at radius 1 is 1.33 bits per heavy atom. The van der Waals surface area contributed by atoms with E-state index in [1.807, 2.05) is 48.0 Å². The number of aliphatic carboxylic acids is 1. The highest BCUT2D eigenvalue weighted by atomic mass is 32.1. The van der Waals surface area contributed by atoms with Crippen LogP contribution in [0.15, 0.2) is 36.4 Å². The van der Waals surface area contributed by atoms with Gasteiger partial charge in [-0.25, -0.2) is 4.68 Å². The number of fused-ring (bicyclic) bond motifs is 1. The maximum atomic E-state index is 12.7. The summed E-state index contributed by atoms with van der Waals surface area (Å²) in [6.07, 6.45) is 1.74. The molecule has 0 bridgehead atoms. The summed E-state index contributed by atoms with van der Waals surface area (Å²) in [7, 11) is 0. The van der Waals surface area contributed by atoms with Crippen LogP contribution in [0.4, 0.5) is 0 Å². The molecule has 2 atom stereocenters. The van der Waals surface area contributed by atoms with Gasteiger partial charge in [0.15, 0.2) is 0 Å². The second-order valence-corrected chi connectivity index (χ2v) is 8.47. The van der Waals surface area contributed by atoms with Gasteiger partial charge >= 0.3 is 5.97 Å². The highest BCUT2D eigenvalue weighted by Crippen LogP contribution is 2.38. The topological polar surface area (TPSA) is 84.2 Å². The van der Waals surface area contributed by atoms with Gasteiger partial charge in [-0.1, -0.05) is 18.2 Å². The molecule has 1 saturated carbocycles. The Hall–Kier alpha value is -2.67. The number of aryl methyl sites for hydroxylation is 1. The smallest absolute Gasteiger partial charge is 0.309 e. The molecular weight excluding hydrogens is 362 g/mol. The standard InChI is InChI=1S/C20H21N3O3S/c1-12-15-10-16(17(24)21-13-8-9-20(2,11-13)19(25)26)27-18(15)23(22-12)14-6-4-3-5-7-14/h3-7,10,13H,8-9,11H2,1-2H3,(H,21,24)(H,25,26)/t13-,20-/m1/s1. The lowest BCUT2D eigenvalue weighted by atomic mass is 9.89. The van der Waals surface area contributed by atoms with E-state index in [1.165, 1.54) is 11.3 Å². The number of carboxylic acids is 1. The molecule has 1 aliphatic rings. The van der Waals surface area contributed by atoms with Crippen LogP contribution in [0.1, 0.15) is 41.6 Å². The van der Waals surface area contributed by atoms with Crippen LogP contribution in [-0.2, 0) is 4.79 Å². The van der Waals surface area contributed by atoms with Crippen LogP contribution in [0.5, 0.6) is 0 Å². The average molecular weight is 383 g/mol. The number of hydrogen-bond acceptors (Lipinski definition) is 4. The van der Waals surface area contributed by atoms with Crippen LogP contribution < -0.4 is 5.32 Å². The van der Waals surface area contributed by atoms with Gasteiger partial charge in [0.1, 0.15) is 4.83 Å². The number of aromatic nitrogens is 2. The molecule has 4 rings (SSSR count). The minimum Gasteiger partial charge on any atom is -0.481 e. The molecule has 0 spiro atoms. The number of nitrogens with one attached hydrogen (secondary N) is 1. The van der Waals surface area contributed by atoms with Crippen LogP contribution in [0.25, 0.3) is 15.9 Å². The predicted molar refractivity (Wildman–Crippen MR) is 105 cm³/mol. The van der Waals surface area contributed by atoms with Crippen molar-refractivity contribution in [2.24, 2.45) is 5.41 Å². The van der Waals surface area contributed by atoms with E-state index in [0.717, 1.165) is 21.6 Å². The SMILES string of the molecule is Cc1nn(-c2ccccc2)c2sc(C(=O)N[C@@H]3CC[C@@](C)(C(=O)O)C3)cc12. The molecule has 6 nitrogen and oxygen atoms in total. The van der Waals surface area contributed by atoms with Gasteiger partial charge in [-0.15, -0.1) is 11.3 Å². The summed E-state index contributed by atoms with van der Waals surface area (Å²) in [5.74, 6) is -0.936. The highest BCUT2D eigenvalue weighted by molar-refractivity contribution is 7.20. The van der Waals surface area contributed by atoms with Gasteiger partial charge in [-0.05, 0) is 51.3 Å². The predicted octanol–water partition coefficient (Wildman–Crippen LogP) is 3.77. The Labute approximate surface area is 160 Å². The molecule has 27 heavy (non-hydrogen) atoms. The summed E-state index contributed by atoms with van der Waals surface area (Å²) >= 11 is 1.41. The summed E-state index contributed by atoms with van der Waals surface area (Å²) in [6, 6.07) is 11.6. The van der Waals surface area contributed by atoms with Gasteiger partial charge in [-0.3, -0.25) is 9.59 Å². The summed E-state index contributed by atoms with van der Waals surface area (Å²) in [5.41, 5.74) is 1.09. The van der Waals surface area contributed by atoms with Crippen molar-refractivity contribution in [1.82, 2.24) is 15.1 Å². The van der Waals surface area contributed by atoms with Gasteiger partial charge in [0.25, 0.3) is 5.91 Å². The minimum absolute atomic E-state index is 0.101. The lowest BCUT2D eigenvalue weighted by molar-refractivity contribution is -0.147. The summed E-state index contributed by atoms with van der Waals surface area (Å²) in [6.45, 7) is 3.68. The average Bonchev–Trinajstić information content (AvgIpc) is 3.32. The van der Waals surface area contributed by atoms with Crippen LogP contribution in [0.2, 0.25) is 0 Å². The Morgan fingerprint density at radius 3 is 2.74 bits per heavy atom. The summed E-state index contributed by atoms with van der Waals surface area (Å²) in [5, 5.41) is 17.9. The molecule has 0 radical (unpaired) electrons. The van der Waals surface area contributed by atoms with Crippen LogP contribution in [0.3, 0.4) is 0 Å².